The molecule has 21 heavy (non-hydrogen) atoms. The van der Waals surface area contributed by atoms with Gasteiger partial charge in [0.25, 0.3) is 0 Å². The summed E-state index contributed by atoms with van der Waals surface area (Å²) in [6.45, 7) is 3.95. The van der Waals surface area contributed by atoms with E-state index in [-0.39, 0.29) is 0 Å². The van der Waals surface area contributed by atoms with E-state index in [1.54, 1.807) is 0 Å². The number of aryl methyl sites for hydroxylation is 1. The van der Waals surface area contributed by atoms with Crippen LogP contribution in [0.5, 0.6) is 0 Å². The molecule has 1 atom stereocenters. The fourth-order valence-electron chi connectivity index (χ4n) is 3.34. The molecule has 1 unspecified atom stereocenters. The maximum atomic E-state index is 5.69. The Labute approximate surface area is 124 Å². The molecule has 0 fully saturated rings. The van der Waals surface area contributed by atoms with Crippen LogP contribution in [0.25, 0.3) is 11.1 Å². The highest BCUT2D eigenvalue weighted by Gasteiger charge is 2.24. The second-order valence-corrected chi connectivity index (χ2v) is 5.91. The first-order chi connectivity index (χ1) is 10.2. The summed E-state index contributed by atoms with van der Waals surface area (Å²) in [5, 5.41) is 0. The average molecular weight is 278 g/mol. The molecular weight excluding hydrogens is 260 g/mol. The Morgan fingerprint density at radius 1 is 1.19 bits per heavy atom. The molecule has 2 heterocycles. The SMILES string of the molecule is Cc1nc2ccc(C3CN(C)Cc4ccccc43)cc2o1. The molecule has 0 bridgehead atoms. The minimum absolute atomic E-state index is 0.398. The minimum atomic E-state index is 0.398. The predicted molar refractivity (Wildman–Crippen MR) is 83.4 cm³/mol. The van der Waals surface area contributed by atoms with E-state index in [1.165, 1.54) is 16.7 Å². The summed E-state index contributed by atoms with van der Waals surface area (Å²) < 4.78 is 5.69. The molecule has 1 aliphatic rings. The average Bonchev–Trinajstić information content (AvgIpc) is 2.85. The zero-order valence-electron chi connectivity index (χ0n) is 12.3. The van der Waals surface area contributed by atoms with Crippen LogP contribution in [0.15, 0.2) is 46.9 Å². The Balaban J connectivity index is 1.84. The summed E-state index contributed by atoms with van der Waals surface area (Å²) >= 11 is 0. The first kappa shape index (κ1) is 12.6. The van der Waals surface area contributed by atoms with Gasteiger partial charge in [0.05, 0.1) is 0 Å². The Hall–Kier alpha value is -2.13. The van der Waals surface area contributed by atoms with Crippen molar-refractivity contribution in [2.75, 3.05) is 13.6 Å². The number of fused-ring (bicyclic) bond motifs is 2. The molecule has 4 rings (SSSR count). The number of oxazole rings is 1. The molecule has 0 spiro atoms. The third-order valence-electron chi connectivity index (χ3n) is 4.29. The summed E-state index contributed by atoms with van der Waals surface area (Å²) in [4.78, 5) is 6.76. The monoisotopic (exact) mass is 278 g/mol. The molecule has 1 aliphatic heterocycles. The van der Waals surface area contributed by atoms with Crippen LogP contribution in [0.4, 0.5) is 0 Å². The van der Waals surface area contributed by atoms with E-state index in [0.29, 0.717) is 5.92 Å². The Morgan fingerprint density at radius 2 is 2.05 bits per heavy atom. The second kappa shape index (κ2) is 4.71. The molecule has 3 nitrogen and oxygen atoms in total. The Bertz CT molecular complexity index is 806. The molecule has 0 radical (unpaired) electrons. The fourth-order valence-corrected chi connectivity index (χ4v) is 3.34. The van der Waals surface area contributed by atoms with Gasteiger partial charge in [-0.3, -0.25) is 0 Å². The van der Waals surface area contributed by atoms with Crippen molar-refractivity contribution in [3.8, 4) is 0 Å². The second-order valence-electron chi connectivity index (χ2n) is 5.91. The highest BCUT2D eigenvalue weighted by molar-refractivity contribution is 5.73. The first-order valence-electron chi connectivity index (χ1n) is 7.34. The molecule has 0 N–H and O–H groups in total. The van der Waals surface area contributed by atoms with E-state index < -0.39 is 0 Å². The highest BCUT2D eigenvalue weighted by atomic mass is 16.3. The summed E-state index contributed by atoms with van der Waals surface area (Å²) in [5.74, 6) is 1.12. The van der Waals surface area contributed by atoms with Gasteiger partial charge in [0.15, 0.2) is 11.5 Å². The molecule has 0 saturated carbocycles. The molecule has 106 valence electrons. The van der Waals surface area contributed by atoms with Gasteiger partial charge in [0.1, 0.15) is 5.52 Å². The van der Waals surface area contributed by atoms with E-state index in [0.717, 1.165) is 30.1 Å². The number of likely N-dealkylation sites (N-methyl/N-ethyl adjacent to an activating group) is 1. The van der Waals surface area contributed by atoms with Crippen LogP contribution in [0.1, 0.15) is 28.5 Å². The number of benzene rings is 2. The van der Waals surface area contributed by atoms with Crippen LogP contribution in [0, 0.1) is 6.92 Å². The highest BCUT2D eigenvalue weighted by Crippen LogP contribution is 2.34. The lowest BCUT2D eigenvalue weighted by atomic mass is 9.85. The van der Waals surface area contributed by atoms with Gasteiger partial charge in [0.2, 0.25) is 0 Å². The van der Waals surface area contributed by atoms with Crippen LogP contribution in [-0.4, -0.2) is 23.5 Å². The van der Waals surface area contributed by atoms with E-state index in [1.807, 2.05) is 6.92 Å². The molecule has 0 aliphatic carbocycles. The summed E-state index contributed by atoms with van der Waals surface area (Å²) in [6, 6.07) is 15.1. The van der Waals surface area contributed by atoms with Crippen molar-refractivity contribution in [1.82, 2.24) is 9.88 Å². The molecule has 3 aromatic rings. The van der Waals surface area contributed by atoms with E-state index >= 15 is 0 Å². The quantitative estimate of drug-likeness (QED) is 0.679. The van der Waals surface area contributed by atoms with Gasteiger partial charge in [-0.25, -0.2) is 4.98 Å². The number of nitrogens with zero attached hydrogens (tertiary/aromatic N) is 2. The van der Waals surface area contributed by atoms with Gasteiger partial charge in [-0.05, 0) is 35.9 Å². The van der Waals surface area contributed by atoms with Crippen LogP contribution in [0.3, 0.4) is 0 Å². The first-order valence-corrected chi connectivity index (χ1v) is 7.34. The van der Waals surface area contributed by atoms with Gasteiger partial charge in [-0.2, -0.15) is 0 Å². The summed E-state index contributed by atoms with van der Waals surface area (Å²) in [5.41, 5.74) is 5.98. The van der Waals surface area contributed by atoms with Crippen LogP contribution in [-0.2, 0) is 6.54 Å². The summed E-state index contributed by atoms with van der Waals surface area (Å²) in [6.07, 6.45) is 0. The third-order valence-corrected chi connectivity index (χ3v) is 4.29. The zero-order valence-corrected chi connectivity index (χ0v) is 12.3. The maximum Gasteiger partial charge on any atom is 0.192 e. The Morgan fingerprint density at radius 3 is 2.95 bits per heavy atom. The molecular formula is C18H18N2O. The van der Waals surface area contributed by atoms with Crippen molar-refractivity contribution in [1.29, 1.82) is 0 Å². The molecule has 2 aromatic carbocycles. The van der Waals surface area contributed by atoms with Crippen molar-refractivity contribution >= 4 is 11.1 Å². The van der Waals surface area contributed by atoms with Crippen molar-refractivity contribution in [3.63, 3.8) is 0 Å². The molecule has 3 heteroatoms. The van der Waals surface area contributed by atoms with Gasteiger partial charge < -0.3 is 9.32 Å². The van der Waals surface area contributed by atoms with Gasteiger partial charge in [-0.15, -0.1) is 0 Å². The lowest BCUT2D eigenvalue weighted by Crippen LogP contribution is -2.30. The fraction of sp³-hybridized carbons (Fsp3) is 0.278. The topological polar surface area (TPSA) is 29.3 Å². The largest absolute Gasteiger partial charge is 0.441 e. The minimum Gasteiger partial charge on any atom is -0.441 e. The lowest BCUT2D eigenvalue weighted by Gasteiger charge is -2.32. The molecule has 0 amide bonds. The lowest BCUT2D eigenvalue weighted by molar-refractivity contribution is 0.295. The molecule has 0 saturated heterocycles. The van der Waals surface area contributed by atoms with Gasteiger partial charge in [0, 0.05) is 25.9 Å². The van der Waals surface area contributed by atoms with Crippen LogP contribution >= 0.6 is 0 Å². The zero-order chi connectivity index (χ0) is 14.4. The number of rotatable bonds is 1. The Kier molecular flexibility index (Phi) is 2.82. The van der Waals surface area contributed by atoms with E-state index in [9.17, 15) is 0 Å². The van der Waals surface area contributed by atoms with Crippen molar-refractivity contribution in [2.45, 2.75) is 19.4 Å². The van der Waals surface area contributed by atoms with E-state index in [4.69, 9.17) is 4.42 Å². The number of aromatic nitrogens is 1. The van der Waals surface area contributed by atoms with E-state index in [2.05, 4.69) is 59.4 Å². The standard InChI is InChI=1S/C18H18N2O/c1-12-19-17-8-7-13(9-18(17)21-12)16-11-20(2)10-14-5-3-4-6-15(14)16/h3-9,16H,10-11H2,1-2H3. The van der Waals surface area contributed by atoms with Crippen molar-refractivity contribution < 1.29 is 4.42 Å². The normalized spacial score (nSPS) is 18.9. The van der Waals surface area contributed by atoms with Crippen molar-refractivity contribution in [3.05, 3.63) is 65.0 Å². The smallest absolute Gasteiger partial charge is 0.192 e. The molecule has 1 aromatic heterocycles. The van der Waals surface area contributed by atoms with Gasteiger partial charge in [-0.1, -0.05) is 30.3 Å². The van der Waals surface area contributed by atoms with Crippen LogP contribution in [0.2, 0.25) is 0 Å². The predicted octanol–water partition coefficient (Wildman–Crippen LogP) is 3.71. The number of hydrogen-bond donors (Lipinski definition) is 0. The summed E-state index contributed by atoms with van der Waals surface area (Å²) in [7, 11) is 2.18. The van der Waals surface area contributed by atoms with Crippen LogP contribution < -0.4 is 0 Å². The van der Waals surface area contributed by atoms with Crippen molar-refractivity contribution in [2.24, 2.45) is 0 Å². The maximum absolute atomic E-state index is 5.69. The number of hydrogen-bond acceptors (Lipinski definition) is 3. The third kappa shape index (κ3) is 2.14. The van der Waals surface area contributed by atoms with Gasteiger partial charge >= 0.3 is 0 Å².